The minimum Gasteiger partial charge on any atom is -0.378 e. The molecular weight excluding hydrogens is 276 g/mol. The Morgan fingerprint density at radius 2 is 1.32 bits per heavy atom. The number of anilines is 1. The Bertz CT molecular complexity index is 684. The van der Waals surface area contributed by atoms with Crippen LogP contribution in [0.1, 0.15) is 11.1 Å². The summed E-state index contributed by atoms with van der Waals surface area (Å²) in [6.07, 6.45) is 7.79. The summed E-state index contributed by atoms with van der Waals surface area (Å²) in [5, 5.41) is 10.6. The van der Waals surface area contributed by atoms with E-state index in [9.17, 15) is 10.1 Å². The van der Waals surface area contributed by atoms with Gasteiger partial charge in [-0.3, -0.25) is 10.1 Å². The zero-order valence-corrected chi connectivity index (χ0v) is 12.6. The van der Waals surface area contributed by atoms with Gasteiger partial charge < -0.3 is 4.90 Å². The van der Waals surface area contributed by atoms with Gasteiger partial charge in [0.2, 0.25) is 0 Å². The van der Waals surface area contributed by atoms with E-state index in [2.05, 4.69) is 29.2 Å². The van der Waals surface area contributed by atoms with Crippen molar-refractivity contribution in [1.29, 1.82) is 0 Å². The number of hydrogen-bond donors (Lipinski definition) is 0. The van der Waals surface area contributed by atoms with Crippen molar-refractivity contribution < 1.29 is 4.92 Å². The normalized spacial score (nSPS) is 11.2. The third kappa shape index (κ3) is 4.31. The van der Waals surface area contributed by atoms with Crippen molar-refractivity contribution in [2.45, 2.75) is 0 Å². The van der Waals surface area contributed by atoms with Gasteiger partial charge in [0.15, 0.2) is 0 Å². The Kier molecular flexibility index (Phi) is 5.09. The topological polar surface area (TPSA) is 46.4 Å². The molecule has 0 aliphatic rings. The molecule has 0 N–H and O–H groups in total. The van der Waals surface area contributed by atoms with Gasteiger partial charge in [0.05, 0.1) is 4.92 Å². The van der Waals surface area contributed by atoms with Crippen molar-refractivity contribution >= 4 is 23.5 Å². The average molecular weight is 294 g/mol. The van der Waals surface area contributed by atoms with Crippen LogP contribution in [-0.2, 0) is 0 Å². The molecule has 0 aromatic heterocycles. The van der Waals surface area contributed by atoms with Gasteiger partial charge in [-0.2, -0.15) is 0 Å². The summed E-state index contributed by atoms with van der Waals surface area (Å²) in [6.45, 7) is 0. The molecule has 0 aliphatic heterocycles. The van der Waals surface area contributed by atoms with Gasteiger partial charge in [0.25, 0.3) is 5.69 Å². The first kappa shape index (κ1) is 15.5. The highest BCUT2D eigenvalue weighted by atomic mass is 16.6. The smallest absolute Gasteiger partial charge is 0.269 e. The lowest BCUT2D eigenvalue weighted by Gasteiger charge is -2.11. The van der Waals surface area contributed by atoms with Crippen molar-refractivity contribution in [2.24, 2.45) is 0 Å². The van der Waals surface area contributed by atoms with Gasteiger partial charge in [0.1, 0.15) is 0 Å². The molecule has 0 radical (unpaired) electrons. The van der Waals surface area contributed by atoms with Crippen LogP contribution in [0.2, 0.25) is 0 Å². The van der Waals surface area contributed by atoms with Crippen molar-refractivity contribution in [3.63, 3.8) is 0 Å². The maximum absolute atomic E-state index is 10.6. The van der Waals surface area contributed by atoms with E-state index in [4.69, 9.17) is 0 Å². The van der Waals surface area contributed by atoms with Crippen LogP contribution in [0, 0.1) is 10.1 Å². The molecule has 0 fully saturated rings. The molecule has 2 rings (SSSR count). The summed E-state index contributed by atoms with van der Waals surface area (Å²) in [7, 11) is 4.02. The number of nitro groups is 1. The van der Waals surface area contributed by atoms with Crippen molar-refractivity contribution in [1.82, 2.24) is 0 Å². The summed E-state index contributed by atoms with van der Waals surface area (Å²) < 4.78 is 0. The third-order valence-corrected chi connectivity index (χ3v) is 3.20. The second kappa shape index (κ2) is 7.22. The predicted octanol–water partition coefficient (Wildman–Crippen LogP) is 4.39. The number of benzene rings is 2. The second-order valence-corrected chi connectivity index (χ2v) is 5.05. The molecule has 4 nitrogen and oxygen atoms in total. The zero-order chi connectivity index (χ0) is 15.9. The van der Waals surface area contributed by atoms with Gasteiger partial charge in [-0.1, -0.05) is 36.4 Å². The van der Waals surface area contributed by atoms with Gasteiger partial charge in [-0.25, -0.2) is 0 Å². The van der Waals surface area contributed by atoms with Gasteiger partial charge >= 0.3 is 0 Å². The summed E-state index contributed by atoms with van der Waals surface area (Å²) in [5.74, 6) is 0. The molecular formula is C18H18N2O2. The molecule has 0 bridgehead atoms. The fourth-order valence-electron chi connectivity index (χ4n) is 1.92. The van der Waals surface area contributed by atoms with Crippen LogP contribution in [0.5, 0.6) is 0 Å². The summed E-state index contributed by atoms with van der Waals surface area (Å²) in [4.78, 5) is 12.2. The zero-order valence-electron chi connectivity index (χ0n) is 12.6. The minimum atomic E-state index is -0.398. The summed E-state index contributed by atoms with van der Waals surface area (Å²) in [5.41, 5.74) is 3.32. The molecule has 0 spiro atoms. The Hall–Kier alpha value is -2.88. The maximum atomic E-state index is 10.6. The molecule has 0 heterocycles. The van der Waals surface area contributed by atoms with Gasteiger partial charge in [-0.05, 0) is 35.4 Å². The van der Waals surface area contributed by atoms with Crippen LogP contribution in [0.25, 0.3) is 12.2 Å². The quantitative estimate of drug-likeness (QED) is 0.467. The molecule has 0 saturated heterocycles. The SMILES string of the molecule is CN(C)c1ccc(/C=C/C=C/c2ccc([N+](=O)[O-])cc2)cc1. The lowest BCUT2D eigenvalue weighted by Crippen LogP contribution is -2.07. The largest absolute Gasteiger partial charge is 0.378 e. The van der Waals surface area contributed by atoms with E-state index < -0.39 is 4.92 Å². The molecule has 0 saturated carbocycles. The highest BCUT2D eigenvalue weighted by molar-refractivity contribution is 5.59. The summed E-state index contributed by atoms with van der Waals surface area (Å²) in [6, 6.07) is 14.7. The molecule has 112 valence electrons. The number of hydrogen-bond acceptors (Lipinski definition) is 3. The van der Waals surface area contributed by atoms with Crippen molar-refractivity contribution in [3.8, 4) is 0 Å². The molecule has 0 unspecified atom stereocenters. The summed E-state index contributed by atoms with van der Waals surface area (Å²) >= 11 is 0. The predicted molar refractivity (Wildman–Crippen MR) is 91.9 cm³/mol. The molecule has 0 aliphatic carbocycles. The van der Waals surface area contributed by atoms with Crippen LogP contribution >= 0.6 is 0 Å². The van der Waals surface area contributed by atoms with E-state index in [1.807, 2.05) is 38.4 Å². The number of nitro benzene ring substituents is 1. The monoisotopic (exact) mass is 294 g/mol. The molecule has 2 aromatic rings. The molecule has 2 aromatic carbocycles. The van der Waals surface area contributed by atoms with Gasteiger partial charge in [0, 0.05) is 31.9 Å². The first-order valence-electron chi connectivity index (χ1n) is 6.93. The number of nitrogens with zero attached hydrogens (tertiary/aromatic N) is 2. The van der Waals surface area contributed by atoms with E-state index >= 15 is 0 Å². The maximum Gasteiger partial charge on any atom is 0.269 e. The van der Waals surface area contributed by atoms with Crippen LogP contribution < -0.4 is 4.90 Å². The molecule has 22 heavy (non-hydrogen) atoms. The number of rotatable bonds is 5. The van der Waals surface area contributed by atoms with E-state index in [-0.39, 0.29) is 5.69 Å². The highest BCUT2D eigenvalue weighted by Gasteiger charge is 2.01. The Balaban J connectivity index is 1.97. The minimum absolute atomic E-state index is 0.105. The van der Waals surface area contributed by atoms with E-state index in [0.717, 1.165) is 11.1 Å². The van der Waals surface area contributed by atoms with E-state index in [0.29, 0.717) is 0 Å². The first-order valence-corrected chi connectivity index (χ1v) is 6.93. The lowest BCUT2D eigenvalue weighted by atomic mass is 10.1. The molecule has 4 heteroatoms. The average Bonchev–Trinajstić information content (AvgIpc) is 2.52. The third-order valence-electron chi connectivity index (χ3n) is 3.20. The Morgan fingerprint density at radius 1 is 0.864 bits per heavy atom. The van der Waals surface area contributed by atoms with Gasteiger partial charge in [-0.15, -0.1) is 0 Å². The van der Waals surface area contributed by atoms with Crippen LogP contribution in [0.3, 0.4) is 0 Å². The van der Waals surface area contributed by atoms with E-state index in [1.165, 1.54) is 17.8 Å². The number of non-ortho nitro benzene ring substituents is 1. The Labute approximate surface area is 130 Å². The lowest BCUT2D eigenvalue weighted by molar-refractivity contribution is -0.384. The standard InChI is InChI=1S/C18H18N2O2/c1-19(2)17-11-7-15(8-12-17)5-3-4-6-16-9-13-18(14-10-16)20(21)22/h3-14H,1-2H3/b5-3+,6-4+. The van der Waals surface area contributed by atoms with Crippen LogP contribution in [0.15, 0.2) is 60.7 Å². The second-order valence-electron chi connectivity index (χ2n) is 5.05. The van der Waals surface area contributed by atoms with E-state index in [1.54, 1.807) is 12.1 Å². The number of allylic oxidation sites excluding steroid dienone is 2. The highest BCUT2D eigenvalue weighted by Crippen LogP contribution is 2.14. The Morgan fingerprint density at radius 3 is 1.73 bits per heavy atom. The fourth-order valence-corrected chi connectivity index (χ4v) is 1.92. The first-order chi connectivity index (χ1) is 10.6. The molecule has 0 amide bonds. The fraction of sp³-hybridized carbons (Fsp3) is 0.111. The molecule has 0 atom stereocenters. The van der Waals surface area contributed by atoms with Crippen molar-refractivity contribution in [2.75, 3.05) is 19.0 Å². The van der Waals surface area contributed by atoms with Crippen LogP contribution in [0.4, 0.5) is 11.4 Å². The van der Waals surface area contributed by atoms with Crippen molar-refractivity contribution in [3.05, 3.63) is 81.9 Å². The van der Waals surface area contributed by atoms with Crippen LogP contribution in [-0.4, -0.2) is 19.0 Å².